The molecule has 0 fully saturated rings. The Kier molecular flexibility index (Phi) is 62.6. The van der Waals surface area contributed by atoms with Crippen molar-refractivity contribution < 1.29 is 32.9 Å². The predicted octanol–water partition coefficient (Wildman–Crippen LogP) is 23.1. The quantitative estimate of drug-likeness (QED) is 0.0318. The zero-order valence-electron chi connectivity index (χ0n) is 55.1. The van der Waals surface area contributed by atoms with Crippen LogP contribution in [-0.4, -0.2) is 73.4 Å². The third-order valence-corrected chi connectivity index (χ3v) is 18.3. The predicted molar refractivity (Wildman–Crippen MR) is 351 cm³/mol. The molecule has 80 heavy (non-hydrogen) atoms. The van der Waals surface area contributed by atoms with Crippen LogP contribution in [0.25, 0.3) is 0 Å². The van der Waals surface area contributed by atoms with E-state index in [9.17, 15) is 19.4 Å². The molecule has 0 aromatic rings. The molecule has 0 aromatic carbocycles. The van der Waals surface area contributed by atoms with Gasteiger partial charge in [0.15, 0.2) is 0 Å². The highest BCUT2D eigenvalue weighted by Crippen LogP contribution is 2.43. The Morgan fingerprint density at radius 1 is 0.375 bits per heavy atom. The number of quaternary nitrogens is 1. The molecule has 0 saturated heterocycles. The smallest absolute Gasteiger partial charge is 0.391 e. The number of nitrogens with one attached hydrogen (secondary N) is 1. The molecular formula is C71H146N2O6P+. The van der Waals surface area contributed by atoms with Gasteiger partial charge in [-0.2, -0.15) is 0 Å². The first kappa shape index (κ1) is 79.5. The summed E-state index contributed by atoms with van der Waals surface area (Å²) in [4.78, 5) is 23.4. The van der Waals surface area contributed by atoms with Gasteiger partial charge in [-0.25, -0.2) is 4.57 Å². The summed E-state index contributed by atoms with van der Waals surface area (Å²) in [5, 5.41) is 14.1. The molecule has 0 saturated carbocycles. The first-order chi connectivity index (χ1) is 39.0. The number of aliphatic hydroxyl groups excluding tert-OH is 1. The zero-order chi connectivity index (χ0) is 58.4. The SMILES string of the molecule is CCCCCCCCCCCCCCCCCCCCCCCCCCCCCCCCCCCCCCCCC(=O)NC(COP(=O)(O)OCC[N+](C)(C)C)C(O)CCCCCCCCCCCCCCCCCCCCCC. The maximum atomic E-state index is 13.1. The standard InChI is InChI=1S/C71H145N2O6P/c1-6-8-10-12-14-16-18-20-22-24-26-28-29-30-31-32-33-34-35-36-37-38-39-40-41-42-43-44-45-47-49-51-53-55-57-59-61-63-65-71(75)72-69(68-79-80(76,77)78-67-66-73(3,4)5)70(74)64-62-60-58-56-54-52-50-48-46-27-25-23-21-19-17-15-13-11-9-7-2/h69-70,74H,6-68H2,1-5H3,(H-,72,75,76,77)/p+1. The Bertz CT molecular complexity index is 1260. The van der Waals surface area contributed by atoms with Gasteiger partial charge in [0.1, 0.15) is 13.2 Å². The highest BCUT2D eigenvalue weighted by atomic mass is 31.2. The third-order valence-electron chi connectivity index (χ3n) is 17.4. The van der Waals surface area contributed by atoms with Crippen LogP contribution in [0.2, 0.25) is 0 Å². The maximum Gasteiger partial charge on any atom is 0.472 e. The molecule has 480 valence electrons. The van der Waals surface area contributed by atoms with Crippen LogP contribution < -0.4 is 5.32 Å². The lowest BCUT2D eigenvalue weighted by atomic mass is 10.0. The van der Waals surface area contributed by atoms with Crippen LogP contribution in [0.3, 0.4) is 0 Å². The fourth-order valence-electron chi connectivity index (χ4n) is 11.7. The van der Waals surface area contributed by atoms with Crippen LogP contribution in [0.15, 0.2) is 0 Å². The van der Waals surface area contributed by atoms with Crippen LogP contribution in [0.4, 0.5) is 0 Å². The Morgan fingerprint density at radius 2 is 0.600 bits per heavy atom. The molecule has 0 rings (SSSR count). The van der Waals surface area contributed by atoms with Crippen molar-refractivity contribution in [2.75, 3.05) is 40.9 Å². The zero-order valence-corrected chi connectivity index (χ0v) is 56.0. The minimum atomic E-state index is -4.32. The Balaban J connectivity index is 3.87. The molecule has 0 spiro atoms. The van der Waals surface area contributed by atoms with Crippen molar-refractivity contribution in [2.45, 2.75) is 411 Å². The second-order valence-corrected chi connectivity index (χ2v) is 28.1. The summed E-state index contributed by atoms with van der Waals surface area (Å²) in [7, 11) is 1.64. The van der Waals surface area contributed by atoms with E-state index in [-0.39, 0.29) is 19.1 Å². The maximum absolute atomic E-state index is 13.1. The molecule has 9 heteroatoms. The molecule has 3 unspecified atom stereocenters. The Morgan fingerprint density at radius 3 is 0.838 bits per heavy atom. The molecule has 0 aliphatic heterocycles. The normalized spacial score (nSPS) is 13.5. The molecule has 1 amide bonds. The van der Waals surface area contributed by atoms with E-state index in [0.29, 0.717) is 23.9 Å². The van der Waals surface area contributed by atoms with E-state index in [1.807, 2.05) is 21.1 Å². The van der Waals surface area contributed by atoms with Crippen LogP contribution in [0.1, 0.15) is 399 Å². The first-order valence-corrected chi connectivity index (χ1v) is 37.9. The van der Waals surface area contributed by atoms with Gasteiger partial charge in [-0.3, -0.25) is 13.8 Å². The van der Waals surface area contributed by atoms with Crippen LogP contribution >= 0.6 is 7.82 Å². The molecule has 3 atom stereocenters. The lowest BCUT2D eigenvalue weighted by molar-refractivity contribution is -0.870. The van der Waals surface area contributed by atoms with Crippen molar-refractivity contribution in [1.82, 2.24) is 5.32 Å². The largest absolute Gasteiger partial charge is 0.472 e. The van der Waals surface area contributed by atoms with E-state index in [0.717, 1.165) is 38.5 Å². The molecule has 8 nitrogen and oxygen atoms in total. The lowest BCUT2D eigenvalue weighted by Crippen LogP contribution is -2.46. The number of hydrogen-bond acceptors (Lipinski definition) is 5. The van der Waals surface area contributed by atoms with Gasteiger partial charge in [0, 0.05) is 6.42 Å². The average molecular weight is 1150 g/mol. The van der Waals surface area contributed by atoms with Gasteiger partial charge in [-0.05, 0) is 12.8 Å². The van der Waals surface area contributed by atoms with Crippen molar-refractivity contribution in [3.05, 3.63) is 0 Å². The third kappa shape index (κ3) is 65.1. The number of phosphoric ester groups is 1. The van der Waals surface area contributed by atoms with Gasteiger partial charge in [-0.15, -0.1) is 0 Å². The van der Waals surface area contributed by atoms with Crippen molar-refractivity contribution >= 4 is 13.7 Å². The number of aliphatic hydroxyl groups is 1. The first-order valence-electron chi connectivity index (χ1n) is 36.4. The summed E-state index contributed by atoms with van der Waals surface area (Å²) in [5.41, 5.74) is 0. The van der Waals surface area contributed by atoms with Crippen molar-refractivity contribution in [1.29, 1.82) is 0 Å². The number of phosphoric acid groups is 1. The van der Waals surface area contributed by atoms with E-state index >= 15 is 0 Å². The van der Waals surface area contributed by atoms with Crippen molar-refractivity contribution in [2.24, 2.45) is 0 Å². The molecule has 0 bridgehead atoms. The summed E-state index contributed by atoms with van der Waals surface area (Å²) in [6.45, 7) is 4.96. The molecule has 3 N–H and O–H groups in total. The number of carbonyl (C=O) groups excluding carboxylic acids is 1. The number of hydrogen-bond donors (Lipinski definition) is 3. The monoisotopic (exact) mass is 1150 g/mol. The van der Waals surface area contributed by atoms with Gasteiger partial charge in [-0.1, -0.05) is 380 Å². The highest BCUT2D eigenvalue weighted by Gasteiger charge is 2.28. The minimum Gasteiger partial charge on any atom is -0.391 e. The van der Waals surface area contributed by atoms with Crippen LogP contribution in [-0.2, 0) is 18.4 Å². The number of unbranched alkanes of at least 4 members (excludes halogenated alkanes) is 56. The fourth-order valence-corrected chi connectivity index (χ4v) is 12.4. The molecule has 0 radical (unpaired) electrons. The summed E-state index contributed by atoms with van der Waals surface area (Å²) >= 11 is 0. The minimum absolute atomic E-state index is 0.0794. The fraction of sp³-hybridized carbons (Fsp3) is 0.986. The van der Waals surface area contributed by atoms with Crippen molar-refractivity contribution in [3.63, 3.8) is 0 Å². The van der Waals surface area contributed by atoms with Gasteiger partial charge >= 0.3 is 7.82 Å². The second kappa shape index (κ2) is 63.0. The second-order valence-electron chi connectivity index (χ2n) is 26.7. The van der Waals surface area contributed by atoms with E-state index in [1.54, 1.807) is 0 Å². The molecule has 0 aromatic heterocycles. The van der Waals surface area contributed by atoms with Crippen LogP contribution in [0, 0.1) is 0 Å². The number of nitrogens with zero attached hydrogens (tertiary/aromatic N) is 1. The topological polar surface area (TPSA) is 105 Å². The van der Waals surface area contributed by atoms with Gasteiger partial charge < -0.3 is 19.8 Å². The highest BCUT2D eigenvalue weighted by molar-refractivity contribution is 7.47. The molecule has 0 aliphatic rings. The van der Waals surface area contributed by atoms with E-state index < -0.39 is 20.0 Å². The summed E-state index contributed by atoms with van der Waals surface area (Å²) in [6, 6.07) is -0.756. The average Bonchev–Trinajstić information content (AvgIpc) is 3.42. The van der Waals surface area contributed by atoms with Crippen LogP contribution in [0.5, 0.6) is 0 Å². The summed E-state index contributed by atoms with van der Waals surface area (Å²) in [6.07, 6.45) is 79.4. The van der Waals surface area contributed by atoms with Gasteiger partial charge in [0.2, 0.25) is 5.91 Å². The van der Waals surface area contributed by atoms with Gasteiger partial charge in [0.25, 0.3) is 0 Å². The molecular weight excluding hydrogens is 1010 g/mol. The summed E-state index contributed by atoms with van der Waals surface area (Å²) in [5.74, 6) is -0.133. The Labute approximate surface area is 501 Å². The lowest BCUT2D eigenvalue weighted by Gasteiger charge is -2.26. The van der Waals surface area contributed by atoms with E-state index in [4.69, 9.17) is 9.05 Å². The Hall–Kier alpha value is -0.500. The molecule has 0 aliphatic carbocycles. The number of carbonyl (C=O) groups is 1. The van der Waals surface area contributed by atoms with Crippen molar-refractivity contribution in [3.8, 4) is 0 Å². The molecule has 0 heterocycles. The van der Waals surface area contributed by atoms with E-state index in [2.05, 4.69) is 19.2 Å². The number of rotatable bonds is 69. The number of amides is 1. The van der Waals surface area contributed by atoms with E-state index in [1.165, 1.54) is 334 Å². The summed E-state index contributed by atoms with van der Waals surface area (Å²) < 4.78 is 23.9. The number of likely N-dealkylation sites (N-methyl/N-ethyl adjacent to an activating group) is 1. The van der Waals surface area contributed by atoms with Gasteiger partial charge in [0.05, 0.1) is 39.9 Å².